The van der Waals surface area contributed by atoms with Gasteiger partial charge in [0.25, 0.3) is 5.91 Å². The van der Waals surface area contributed by atoms with E-state index in [2.05, 4.69) is 4.90 Å². The third-order valence-electron chi connectivity index (χ3n) is 4.93. The van der Waals surface area contributed by atoms with Gasteiger partial charge in [-0.3, -0.25) is 9.69 Å². The molecule has 1 saturated carbocycles. The minimum absolute atomic E-state index is 0.106. The van der Waals surface area contributed by atoms with E-state index in [0.717, 1.165) is 32.4 Å². The molecule has 1 N–H and O–H groups in total. The van der Waals surface area contributed by atoms with Crippen LogP contribution in [-0.2, 0) is 0 Å². The highest BCUT2D eigenvalue weighted by molar-refractivity contribution is 5.94. The number of piperazine rings is 1. The lowest BCUT2D eigenvalue weighted by atomic mass is 10.1. The van der Waals surface area contributed by atoms with Crippen LogP contribution >= 0.6 is 0 Å². The predicted octanol–water partition coefficient (Wildman–Crippen LogP) is 1.81. The van der Waals surface area contributed by atoms with E-state index in [1.165, 1.54) is 6.07 Å². The van der Waals surface area contributed by atoms with E-state index < -0.39 is 0 Å². The highest BCUT2D eigenvalue weighted by Gasteiger charge is 2.33. The Morgan fingerprint density at radius 1 is 1.23 bits per heavy atom. The van der Waals surface area contributed by atoms with Crippen LogP contribution in [-0.4, -0.2) is 59.1 Å². The molecule has 2 atom stereocenters. The summed E-state index contributed by atoms with van der Waals surface area (Å²) >= 11 is 0. The summed E-state index contributed by atoms with van der Waals surface area (Å²) in [5.74, 6) is -0.441. The molecule has 0 spiro atoms. The number of carbonyl (C=O) groups excluding carboxylic acids is 1. The first-order chi connectivity index (χ1) is 10.6. The zero-order chi connectivity index (χ0) is 15.7. The Hall–Kier alpha value is -1.46. The second-order valence-corrected chi connectivity index (χ2v) is 6.36. The third kappa shape index (κ3) is 3.01. The summed E-state index contributed by atoms with van der Waals surface area (Å²) < 4.78 is 13.6. The number of carbonyl (C=O) groups is 1. The summed E-state index contributed by atoms with van der Waals surface area (Å²) in [6, 6.07) is 4.90. The number of amides is 1. The molecule has 1 aliphatic heterocycles. The van der Waals surface area contributed by atoms with Gasteiger partial charge in [0.2, 0.25) is 0 Å². The zero-order valence-electron chi connectivity index (χ0n) is 13.0. The molecule has 0 unspecified atom stereocenters. The van der Waals surface area contributed by atoms with Gasteiger partial charge in [-0.2, -0.15) is 0 Å². The summed E-state index contributed by atoms with van der Waals surface area (Å²) in [5, 5.41) is 9.99. The fourth-order valence-corrected chi connectivity index (χ4v) is 3.51. The van der Waals surface area contributed by atoms with Crippen molar-refractivity contribution in [2.75, 3.05) is 26.2 Å². The summed E-state index contributed by atoms with van der Waals surface area (Å²) in [6.07, 6.45) is 2.77. The first-order valence-corrected chi connectivity index (χ1v) is 8.04. The zero-order valence-corrected chi connectivity index (χ0v) is 13.0. The van der Waals surface area contributed by atoms with E-state index in [1.54, 1.807) is 24.0 Å². The number of hydrogen-bond donors (Lipinski definition) is 1. The number of aryl methyl sites for hydroxylation is 1. The molecule has 4 nitrogen and oxygen atoms in total. The normalized spacial score (nSPS) is 26.4. The van der Waals surface area contributed by atoms with Gasteiger partial charge in [0, 0.05) is 37.8 Å². The van der Waals surface area contributed by atoms with Gasteiger partial charge in [-0.05, 0) is 43.9 Å². The van der Waals surface area contributed by atoms with Gasteiger partial charge < -0.3 is 10.0 Å². The molecule has 2 fully saturated rings. The smallest absolute Gasteiger partial charge is 0.254 e. The maximum absolute atomic E-state index is 13.6. The molecule has 1 heterocycles. The van der Waals surface area contributed by atoms with Crippen LogP contribution in [0.5, 0.6) is 0 Å². The molecule has 3 rings (SSSR count). The van der Waals surface area contributed by atoms with Crippen molar-refractivity contribution in [3.05, 3.63) is 35.1 Å². The average Bonchev–Trinajstić information content (AvgIpc) is 2.95. The maximum Gasteiger partial charge on any atom is 0.254 e. The Morgan fingerprint density at radius 2 is 1.95 bits per heavy atom. The average molecular weight is 306 g/mol. The van der Waals surface area contributed by atoms with Gasteiger partial charge in [0.15, 0.2) is 0 Å². The monoisotopic (exact) mass is 306 g/mol. The number of nitrogens with zero attached hydrogens (tertiary/aromatic N) is 2. The van der Waals surface area contributed by atoms with Gasteiger partial charge in [-0.25, -0.2) is 4.39 Å². The van der Waals surface area contributed by atoms with Gasteiger partial charge in [0.1, 0.15) is 5.82 Å². The van der Waals surface area contributed by atoms with Crippen LogP contribution in [0.1, 0.15) is 35.2 Å². The molecule has 0 bridgehead atoms. The molecule has 1 aromatic rings. The number of halogens is 1. The van der Waals surface area contributed by atoms with Crippen molar-refractivity contribution in [2.45, 2.75) is 38.3 Å². The molecule has 1 aromatic carbocycles. The van der Waals surface area contributed by atoms with Crippen LogP contribution < -0.4 is 0 Å². The third-order valence-corrected chi connectivity index (χ3v) is 4.93. The van der Waals surface area contributed by atoms with Gasteiger partial charge >= 0.3 is 0 Å². The van der Waals surface area contributed by atoms with E-state index in [0.29, 0.717) is 24.2 Å². The first kappa shape index (κ1) is 15.4. The lowest BCUT2D eigenvalue weighted by Crippen LogP contribution is -2.53. The summed E-state index contributed by atoms with van der Waals surface area (Å²) in [6.45, 7) is 4.52. The molecular weight excluding hydrogens is 283 g/mol. The Morgan fingerprint density at radius 3 is 2.55 bits per heavy atom. The maximum atomic E-state index is 13.6. The Labute approximate surface area is 130 Å². The lowest BCUT2D eigenvalue weighted by Gasteiger charge is -2.39. The van der Waals surface area contributed by atoms with E-state index >= 15 is 0 Å². The van der Waals surface area contributed by atoms with E-state index in [1.807, 2.05) is 0 Å². The van der Waals surface area contributed by atoms with E-state index in [-0.39, 0.29) is 23.9 Å². The van der Waals surface area contributed by atoms with Crippen molar-refractivity contribution in [1.29, 1.82) is 0 Å². The molecule has 120 valence electrons. The Kier molecular flexibility index (Phi) is 4.45. The van der Waals surface area contributed by atoms with Crippen LogP contribution in [0.15, 0.2) is 18.2 Å². The van der Waals surface area contributed by atoms with Gasteiger partial charge in [-0.1, -0.05) is 6.07 Å². The second kappa shape index (κ2) is 6.34. The minimum Gasteiger partial charge on any atom is -0.391 e. The SMILES string of the molecule is Cc1ccc(C(=O)N2CCN([C@@H]3CCC[C@@H]3O)CC2)cc1F. The number of aliphatic hydroxyl groups excluding tert-OH is 1. The number of benzene rings is 1. The lowest BCUT2D eigenvalue weighted by molar-refractivity contribution is 0.0315. The molecule has 0 aromatic heterocycles. The summed E-state index contributed by atoms with van der Waals surface area (Å²) in [7, 11) is 0. The number of rotatable bonds is 2. The largest absolute Gasteiger partial charge is 0.391 e. The van der Waals surface area contributed by atoms with Crippen LogP contribution in [0.4, 0.5) is 4.39 Å². The van der Waals surface area contributed by atoms with Crippen molar-refractivity contribution in [3.8, 4) is 0 Å². The molecule has 1 saturated heterocycles. The summed E-state index contributed by atoms with van der Waals surface area (Å²) in [4.78, 5) is 16.5. The van der Waals surface area contributed by atoms with Gasteiger partial charge in [-0.15, -0.1) is 0 Å². The number of aliphatic hydroxyl groups is 1. The molecule has 5 heteroatoms. The predicted molar refractivity (Wildman–Crippen MR) is 82.3 cm³/mol. The van der Waals surface area contributed by atoms with Crippen molar-refractivity contribution >= 4 is 5.91 Å². The fourth-order valence-electron chi connectivity index (χ4n) is 3.51. The van der Waals surface area contributed by atoms with Crippen LogP contribution in [0.3, 0.4) is 0 Å². The number of hydrogen-bond acceptors (Lipinski definition) is 3. The molecule has 22 heavy (non-hydrogen) atoms. The molecule has 2 aliphatic rings. The van der Waals surface area contributed by atoms with Crippen LogP contribution in [0.2, 0.25) is 0 Å². The fraction of sp³-hybridized carbons (Fsp3) is 0.588. The van der Waals surface area contributed by atoms with E-state index in [9.17, 15) is 14.3 Å². The first-order valence-electron chi connectivity index (χ1n) is 8.04. The van der Waals surface area contributed by atoms with Crippen LogP contribution in [0.25, 0.3) is 0 Å². The van der Waals surface area contributed by atoms with Crippen molar-refractivity contribution in [2.24, 2.45) is 0 Å². The Bertz CT molecular complexity index is 556. The topological polar surface area (TPSA) is 43.8 Å². The molecule has 1 aliphatic carbocycles. The van der Waals surface area contributed by atoms with E-state index in [4.69, 9.17) is 0 Å². The van der Waals surface area contributed by atoms with Gasteiger partial charge in [0.05, 0.1) is 6.10 Å². The molecule has 1 amide bonds. The highest BCUT2D eigenvalue weighted by Crippen LogP contribution is 2.25. The van der Waals surface area contributed by atoms with Crippen molar-refractivity contribution in [1.82, 2.24) is 9.80 Å². The molecular formula is C17H23FN2O2. The summed E-state index contributed by atoms with van der Waals surface area (Å²) in [5.41, 5.74) is 0.967. The quantitative estimate of drug-likeness (QED) is 0.906. The Balaban J connectivity index is 1.61. The van der Waals surface area contributed by atoms with Crippen molar-refractivity contribution in [3.63, 3.8) is 0 Å². The van der Waals surface area contributed by atoms with Crippen molar-refractivity contribution < 1.29 is 14.3 Å². The second-order valence-electron chi connectivity index (χ2n) is 6.36. The molecule has 0 radical (unpaired) electrons. The minimum atomic E-state index is -0.335. The standard InChI is InChI=1S/C17H23FN2O2/c1-12-5-6-13(11-14(12)18)17(22)20-9-7-19(8-10-20)15-3-2-4-16(15)21/h5-6,11,15-16,21H,2-4,7-10H2,1H3/t15-,16+/m1/s1. The van der Waals surface area contributed by atoms with Crippen LogP contribution in [0, 0.1) is 12.7 Å². The highest BCUT2D eigenvalue weighted by atomic mass is 19.1.